The highest BCUT2D eigenvalue weighted by Crippen LogP contribution is 2.26. The van der Waals surface area contributed by atoms with E-state index in [4.69, 9.17) is 10.2 Å². The summed E-state index contributed by atoms with van der Waals surface area (Å²) < 4.78 is 0. The van der Waals surface area contributed by atoms with E-state index >= 15 is 0 Å². The maximum Gasteiger partial charge on any atom is 0.307 e. The number of hydrogen-bond donors (Lipinski definition) is 4. The number of carboxylic acid groups (broad SMARTS) is 4. The standard InChI is InChI=1S/C20H34O8/c21-17(22)13-9-5-1-3-7-11-15(19(25)26)16(20(27)28)12-8-4-2-6-10-14-18(23)24/h15-16H,1-14H2,(H,21,22)(H,23,24)(H,25,26)(H,27,28). The number of carboxylic acids is 4. The first-order valence-corrected chi connectivity index (χ1v) is 10.1. The summed E-state index contributed by atoms with van der Waals surface area (Å²) in [5, 5.41) is 36.0. The zero-order chi connectivity index (χ0) is 21.4. The Morgan fingerprint density at radius 3 is 1.04 bits per heavy atom. The van der Waals surface area contributed by atoms with Gasteiger partial charge in [-0.25, -0.2) is 0 Å². The number of aliphatic carboxylic acids is 4. The van der Waals surface area contributed by atoms with Crippen molar-refractivity contribution in [3.63, 3.8) is 0 Å². The minimum atomic E-state index is -1.08. The van der Waals surface area contributed by atoms with Crippen LogP contribution in [0.4, 0.5) is 0 Å². The van der Waals surface area contributed by atoms with Crippen LogP contribution in [0.3, 0.4) is 0 Å². The van der Waals surface area contributed by atoms with E-state index in [1.165, 1.54) is 0 Å². The number of hydrogen-bond acceptors (Lipinski definition) is 4. The summed E-state index contributed by atoms with van der Waals surface area (Å²) in [6.07, 6.45) is 8.01. The Hall–Kier alpha value is -2.12. The van der Waals surface area contributed by atoms with Gasteiger partial charge in [0.2, 0.25) is 0 Å². The second-order valence-electron chi connectivity index (χ2n) is 7.29. The molecule has 0 aliphatic carbocycles. The lowest BCUT2D eigenvalue weighted by Crippen LogP contribution is -2.30. The van der Waals surface area contributed by atoms with Crippen molar-refractivity contribution >= 4 is 23.9 Å². The lowest BCUT2D eigenvalue weighted by Gasteiger charge is -2.20. The van der Waals surface area contributed by atoms with Crippen LogP contribution in [-0.2, 0) is 19.2 Å². The third kappa shape index (κ3) is 14.0. The predicted octanol–water partition coefficient (Wildman–Crippen LogP) is 4.02. The monoisotopic (exact) mass is 402 g/mol. The fraction of sp³-hybridized carbons (Fsp3) is 0.800. The van der Waals surface area contributed by atoms with Crippen LogP contribution in [0.2, 0.25) is 0 Å². The molecule has 8 heteroatoms. The molecule has 0 aromatic carbocycles. The minimum absolute atomic E-state index is 0.134. The van der Waals surface area contributed by atoms with Crippen molar-refractivity contribution in [2.45, 2.75) is 89.9 Å². The number of rotatable bonds is 19. The van der Waals surface area contributed by atoms with E-state index in [1.807, 2.05) is 0 Å². The first-order chi connectivity index (χ1) is 13.3. The summed E-state index contributed by atoms with van der Waals surface area (Å²) in [6, 6.07) is 0. The molecule has 28 heavy (non-hydrogen) atoms. The van der Waals surface area contributed by atoms with Crippen LogP contribution < -0.4 is 0 Å². The highest BCUT2D eigenvalue weighted by atomic mass is 16.4. The molecule has 0 saturated carbocycles. The fourth-order valence-electron chi connectivity index (χ4n) is 3.34. The Morgan fingerprint density at radius 2 is 0.750 bits per heavy atom. The summed E-state index contributed by atoms with van der Waals surface area (Å²) in [6.45, 7) is 0. The Bertz CT molecular complexity index is 445. The zero-order valence-corrected chi connectivity index (χ0v) is 16.5. The van der Waals surface area contributed by atoms with Crippen molar-refractivity contribution in [1.29, 1.82) is 0 Å². The zero-order valence-electron chi connectivity index (χ0n) is 16.5. The summed E-state index contributed by atoms with van der Waals surface area (Å²) in [7, 11) is 0. The van der Waals surface area contributed by atoms with Gasteiger partial charge in [-0.3, -0.25) is 19.2 Å². The molecule has 8 nitrogen and oxygen atoms in total. The second-order valence-corrected chi connectivity index (χ2v) is 7.29. The molecule has 4 N–H and O–H groups in total. The number of unbranched alkanes of at least 4 members (excludes halogenated alkanes) is 8. The van der Waals surface area contributed by atoms with Crippen molar-refractivity contribution in [2.24, 2.45) is 11.8 Å². The van der Waals surface area contributed by atoms with Gasteiger partial charge in [0, 0.05) is 12.8 Å². The molecule has 0 spiro atoms. The van der Waals surface area contributed by atoms with Crippen LogP contribution >= 0.6 is 0 Å². The van der Waals surface area contributed by atoms with Gasteiger partial charge in [0.05, 0.1) is 11.8 Å². The van der Waals surface area contributed by atoms with E-state index in [-0.39, 0.29) is 12.8 Å². The molecule has 0 aromatic heterocycles. The van der Waals surface area contributed by atoms with Crippen molar-refractivity contribution in [2.75, 3.05) is 0 Å². The van der Waals surface area contributed by atoms with Crippen LogP contribution in [0.25, 0.3) is 0 Å². The van der Waals surface area contributed by atoms with Crippen LogP contribution in [0, 0.1) is 11.8 Å². The average molecular weight is 402 g/mol. The predicted molar refractivity (Wildman–Crippen MR) is 102 cm³/mol. The summed E-state index contributed by atoms with van der Waals surface area (Å²) in [5.74, 6) is -5.64. The quantitative estimate of drug-likeness (QED) is 0.237. The molecule has 0 fully saturated rings. The van der Waals surface area contributed by atoms with Crippen LogP contribution in [-0.4, -0.2) is 44.3 Å². The van der Waals surface area contributed by atoms with E-state index in [0.717, 1.165) is 38.5 Å². The highest BCUT2D eigenvalue weighted by Gasteiger charge is 2.32. The van der Waals surface area contributed by atoms with Gasteiger partial charge < -0.3 is 20.4 Å². The molecule has 0 bridgehead atoms. The largest absolute Gasteiger partial charge is 0.481 e. The molecule has 0 radical (unpaired) electrons. The Labute approximate surface area is 165 Å². The van der Waals surface area contributed by atoms with E-state index in [0.29, 0.717) is 38.5 Å². The Kier molecular flexibility index (Phi) is 14.7. The third-order valence-electron chi connectivity index (χ3n) is 4.93. The third-order valence-corrected chi connectivity index (χ3v) is 4.93. The first kappa shape index (κ1) is 25.9. The van der Waals surface area contributed by atoms with Gasteiger partial charge in [-0.05, 0) is 25.7 Å². The van der Waals surface area contributed by atoms with Gasteiger partial charge in [0.1, 0.15) is 0 Å². The van der Waals surface area contributed by atoms with Gasteiger partial charge in [-0.2, -0.15) is 0 Å². The molecular weight excluding hydrogens is 368 g/mol. The molecule has 0 aromatic rings. The van der Waals surface area contributed by atoms with Gasteiger partial charge in [0.25, 0.3) is 0 Å². The maximum atomic E-state index is 11.5. The fourth-order valence-corrected chi connectivity index (χ4v) is 3.34. The molecular formula is C20H34O8. The van der Waals surface area contributed by atoms with Crippen molar-refractivity contribution in [3.05, 3.63) is 0 Å². The van der Waals surface area contributed by atoms with Crippen LogP contribution in [0.15, 0.2) is 0 Å². The lowest BCUT2D eigenvalue weighted by molar-refractivity contribution is -0.154. The number of carbonyl (C=O) groups is 4. The normalized spacial score (nSPS) is 13.0. The van der Waals surface area contributed by atoms with Gasteiger partial charge in [-0.1, -0.05) is 51.4 Å². The molecule has 0 rings (SSSR count). The molecule has 162 valence electrons. The maximum absolute atomic E-state index is 11.5. The molecule has 0 aliphatic rings. The SMILES string of the molecule is O=C(O)CCCCCCCC(C(=O)O)C(CCCCCCCC(=O)O)C(=O)O. The van der Waals surface area contributed by atoms with E-state index < -0.39 is 35.7 Å². The highest BCUT2D eigenvalue weighted by molar-refractivity contribution is 5.79. The average Bonchev–Trinajstić information content (AvgIpc) is 2.59. The summed E-state index contributed by atoms with van der Waals surface area (Å²) in [4.78, 5) is 43.9. The molecule has 0 aliphatic heterocycles. The molecule has 2 atom stereocenters. The van der Waals surface area contributed by atoms with Crippen molar-refractivity contribution < 1.29 is 39.6 Å². The van der Waals surface area contributed by atoms with Gasteiger partial charge >= 0.3 is 23.9 Å². The first-order valence-electron chi connectivity index (χ1n) is 10.1. The molecule has 2 unspecified atom stereocenters. The van der Waals surface area contributed by atoms with E-state index in [1.54, 1.807) is 0 Å². The van der Waals surface area contributed by atoms with E-state index in [9.17, 15) is 29.4 Å². The van der Waals surface area contributed by atoms with Gasteiger partial charge in [0.15, 0.2) is 0 Å². The summed E-state index contributed by atoms with van der Waals surface area (Å²) >= 11 is 0. The Balaban J connectivity index is 4.18. The molecule has 0 amide bonds. The van der Waals surface area contributed by atoms with Crippen molar-refractivity contribution in [3.8, 4) is 0 Å². The second kappa shape index (κ2) is 15.9. The minimum Gasteiger partial charge on any atom is -0.481 e. The topological polar surface area (TPSA) is 149 Å². The van der Waals surface area contributed by atoms with Crippen LogP contribution in [0.1, 0.15) is 89.9 Å². The van der Waals surface area contributed by atoms with Crippen molar-refractivity contribution in [1.82, 2.24) is 0 Å². The summed E-state index contributed by atoms with van der Waals surface area (Å²) in [5.41, 5.74) is 0. The van der Waals surface area contributed by atoms with E-state index in [2.05, 4.69) is 0 Å². The molecule has 0 saturated heterocycles. The lowest BCUT2D eigenvalue weighted by atomic mass is 9.84. The Morgan fingerprint density at radius 1 is 0.464 bits per heavy atom. The smallest absolute Gasteiger partial charge is 0.307 e. The van der Waals surface area contributed by atoms with Gasteiger partial charge in [-0.15, -0.1) is 0 Å². The molecule has 0 heterocycles. The van der Waals surface area contributed by atoms with Crippen LogP contribution in [0.5, 0.6) is 0 Å².